The van der Waals surface area contributed by atoms with Crippen molar-refractivity contribution < 1.29 is 9.53 Å². The highest BCUT2D eigenvalue weighted by Crippen LogP contribution is 2.31. The number of halogens is 1. The molecule has 0 radical (unpaired) electrons. The quantitative estimate of drug-likeness (QED) is 0.502. The third-order valence-corrected chi connectivity index (χ3v) is 5.72. The van der Waals surface area contributed by atoms with E-state index in [0.717, 1.165) is 28.1 Å². The molecule has 2 aromatic rings. The van der Waals surface area contributed by atoms with Crippen molar-refractivity contribution in [2.45, 2.75) is 20.4 Å². The maximum Gasteiger partial charge on any atom is 0.254 e. The second kappa shape index (κ2) is 9.78. The summed E-state index contributed by atoms with van der Waals surface area (Å²) in [5, 5.41) is 14.2. The lowest BCUT2D eigenvalue weighted by Crippen LogP contribution is -2.41. The summed E-state index contributed by atoms with van der Waals surface area (Å²) < 4.78 is 7.20. The molecule has 1 aliphatic heterocycles. The number of aromatic nitrogens is 2. The van der Waals surface area contributed by atoms with Gasteiger partial charge in [0.1, 0.15) is 6.07 Å². The molecule has 1 aliphatic rings. The Kier molecular flexibility index (Phi) is 7.11. The topological polar surface area (TPSA) is 71.2 Å². The first-order valence-electron chi connectivity index (χ1n) is 10.00. The second-order valence-electron chi connectivity index (χ2n) is 7.26. The van der Waals surface area contributed by atoms with Crippen LogP contribution in [0.25, 0.3) is 11.1 Å². The van der Waals surface area contributed by atoms with E-state index in [2.05, 4.69) is 24.3 Å². The molecule has 0 saturated carbocycles. The smallest absolute Gasteiger partial charge is 0.254 e. The highest BCUT2D eigenvalue weighted by Gasteiger charge is 2.22. The van der Waals surface area contributed by atoms with Gasteiger partial charge in [-0.2, -0.15) is 10.4 Å². The van der Waals surface area contributed by atoms with Gasteiger partial charge in [0.15, 0.2) is 0 Å². The van der Waals surface area contributed by atoms with Crippen LogP contribution in [0.15, 0.2) is 54.7 Å². The molecule has 1 amide bonds. The van der Waals surface area contributed by atoms with Crippen molar-refractivity contribution in [2.24, 2.45) is 0 Å². The fourth-order valence-electron chi connectivity index (χ4n) is 3.74. The number of morpholine rings is 1. The Bertz CT molecular complexity index is 1100. The molecule has 1 saturated heterocycles. The average molecular weight is 437 g/mol. The molecule has 0 bridgehead atoms. The number of amides is 1. The van der Waals surface area contributed by atoms with Gasteiger partial charge in [-0.3, -0.25) is 9.48 Å². The van der Waals surface area contributed by atoms with E-state index in [-0.39, 0.29) is 5.91 Å². The highest BCUT2D eigenvalue weighted by molar-refractivity contribution is 6.32. The Morgan fingerprint density at radius 3 is 2.58 bits per heavy atom. The molecule has 7 heteroatoms. The summed E-state index contributed by atoms with van der Waals surface area (Å²) in [4.78, 5) is 14.8. The number of allylic oxidation sites excluding steroid dienone is 2. The Hall–Kier alpha value is -3.14. The number of hydrogen-bond donors (Lipinski definition) is 0. The predicted octanol–water partition coefficient (Wildman–Crippen LogP) is 4.22. The van der Waals surface area contributed by atoms with Crippen molar-refractivity contribution in [1.82, 2.24) is 14.7 Å². The fourth-order valence-corrected chi connectivity index (χ4v) is 3.97. The van der Waals surface area contributed by atoms with Crippen molar-refractivity contribution in [3.63, 3.8) is 0 Å². The van der Waals surface area contributed by atoms with Gasteiger partial charge in [-0.1, -0.05) is 43.0 Å². The molecule has 160 valence electrons. The first-order chi connectivity index (χ1) is 14.9. The fraction of sp³-hybridized carbons (Fsp3) is 0.292. The lowest BCUT2D eigenvalue weighted by molar-refractivity contribution is -0.130. The van der Waals surface area contributed by atoms with Gasteiger partial charge in [0.2, 0.25) is 0 Å². The predicted molar refractivity (Wildman–Crippen MR) is 122 cm³/mol. The van der Waals surface area contributed by atoms with Gasteiger partial charge in [-0.05, 0) is 37.1 Å². The summed E-state index contributed by atoms with van der Waals surface area (Å²) in [6.45, 7) is 14.2. The van der Waals surface area contributed by atoms with E-state index in [1.165, 1.54) is 0 Å². The normalized spacial score (nSPS) is 14.6. The van der Waals surface area contributed by atoms with Gasteiger partial charge in [0.05, 0.1) is 36.0 Å². The van der Waals surface area contributed by atoms with E-state index in [4.69, 9.17) is 21.6 Å². The number of carbonyl (C=O) groups is 1. The van der Waals surface area contributed by atoms with Crippen molar-refractivity contribution >= 4 is 17.5 Å². The van der Waals surface area contributed by atoms with Crippen LogP contribution < -0.4 is 0 Å². The molecular formula is C24H25ClN4O2. The SMILES string of the molecule is C=C/C(Cn1nc(C)c(-c2ccc(C#N)c(Cl)c2)c1C)=C(\C=C)C(=O)N1CCOCC1. The number of hydrogen-bond acceptors (Lipinski definition) is 4. The Balaban J connectivity index is 1.96. The average Bonchev–Trinajstić information content (AvgIpc) is 3.06. The summed E-state index contributed by atoms with van der Waals surface area (Å²) >= 11 is 6.23. The van der Waals surface area contributed by atoms with Gasteiger partial charge >= 0.3 is 0 Å². The lowest BCUT2D eigenvalue weighted by Gasteiger charge is -2.27. The van der Waals surface area contributed by atoms with Crippen molar-refractivity contribution in [1.29, 1.82) is 5.26 Å². The molecule has 0 aliphatic carbocycles. The number of nitriles is 1. The van der Waals surface area contributed by atoms with Crippen molar-refractivity contribution in [3.05, 3.63) is 76.6 Å². The summed E-state index contributed by atoms with van der Waals surface area (Å²) in [5.74, 6) is -0.0752. The summed E-state index contributed by atoms with van der Waals surface area (Å²) in [7, 11) is 0. The first-order valence-corrected chi connectivity index (χ1v) is 10.4. The zero-order valence-electron chi connectivity index (χ0n) is 17.8. The molecule has 1 aromatic heterocycles. The van der Waals surface area contributed by atoms with Gasteiger partial charge in [-0.25, -0.2) is 0 Å². The van der Waals surface area contributed by atoms with Gasteiger partial charge < -0.3 is 9.64 Å². The maximum absolute atomic E-state index is 13.0. The van der Waals surface area contributed by atoms with E-state index < -0.39 is 0 Å². The molecule has 2 heterocycles. The van der Waals surface area contributed by atoms with E-state index in [1.807, 2.05) is 24.6 Å². The standard InChI is InChI=1S/C24H25ClN4O2/c1-5-18(21(6-2)24(30)28-9-11-31-12-10-28)15-29-17(4)23(16(3)27-29)19-7-8-20(14-26)22(25)13-19/h5-8,13H,1-2,9-12,15H2,3-4H3/b21-18-. The number of ether oxygens (including phenoxy) is 1. The third-order valence-electron chi connectivity index (χ3n) is 5.40. The van der Waals surface area contributed by atoms with Gasteiger partial charge in [-0.15, -0.1) is 0 Å². The van der Waals surface area contributed by atoms with E-state index in [9.17, 15) is 4.79 Å². The highest BCUT2D eigenvalue weighted by atomic mass is 35.5. The largest absolute Gasteiger partial charge is 0.378 e. The molecule has 1 aromatic carbocycles. The zero-order valence-corrected chi connectivity index (χ0v) is 18.6. The zero-order chi connectivity index (χ0) is 22.5. The van der Waals surface area contributed by atoms with Crippen LogP contribution in [-0.4, -0.2) is 46.9 Å². The molecule has 31 heavy (non-hydrogen) atoms. The van der Waals surface area contributed by atoms with Crippen LogP contribution in [0.5, 0.6) is 0 Å². The summed E-state index contributed by atoms with van der Waals surface area (Å²) in [6.07, 6.45) is 3.27. The number of carbonyl (C=O) groups excluding carboxylic acids is 1. The number of aryl methyl sites for hydroxylation is 1. The summed E-state index contributed by atoms with van der Waals surface area (Å²) in [6, 6.07) is 7.43. The molecule has 0 unspecified atom stereocenters. The van der Waals surface area contributed by atoms with Crippen molar-refractivity contribution in [3.8, 4) is 17.2 Å². The molecular weight excluding hydrogens is 412 g/mol. The molecule has 1 fully saturated rings. The van der Waals surface area contributed by atoms with Gasteiger partial charge in [0.25, 0.3) is 5.91 Å². The number of rotatable bonds is 6. The van der Waals surface area contributed by atoms with Crippen molar-refractivity contribution in [2.75, 3.05) is 26.3 Å². The van der Waals surface area contributed by atoms with E-state index in [0.29, 0.717) is 49.0 Å². The number of nitrogens with zero attached hydrogens (tertiary/aromatic N) is 4. The Labute approximate surface area is 187 Å². The monoisotopic (exact) mass is 436 g/mol. The van der Waals surface area contributed by atoms with Crippen LogP contribution in [0.1, 0.15) is 17.0 Å². The maximum atomic E-state index is 13.0. The van der Waals surface area contributed by atoms with Crippen LogP contribution in [0.3, 0.4) is 0 Å². The minimum absolute atomic E-state index is 0.0752. The second-order valence-corrected chi connectivity index (χ2v) is 7.67. The lowest BCUT2D eigenvalue weighted by atomic mass is 10.0. The van der Waals surface area contributed by atoms with Crippen LogP contribution in [0.4, 0.5) is 0 Å². The minimum Gasteiger partial charge on any atom is -0.378 e. The first kappa shape index (κ1) is 22.5. The molecule has 3 rings (SSSR count). The third kappa shape index (κ3) is 4.63. The van der Waals surface area contributed by atoms with E-state index in [1.54, 1.807) is 29.2 Å². The molecule has 6 nitrogen and oxygen atoms in total. The minimum atomic E-state index is -0.0752. The van der Waals surface area contributed by atoms with Crippen LogP contribution in [0, 0.1) is 25.2 Å². The Morgan fingerprint density at radius 1 is 1.29 bits per heavy atom. The van der Waals surface area contributed by atoms with Crippen LogP contribution in [0.2, 0.25) is 5.02 Å². The Morgan fingerprint density at radius 2 is 2.00 bits per heavy atom. The summed E-state index contributed by atoms with van der Waals surface area (Å²) in [5.41, 5.74) is 5.31. The van der Waals surface area contributed by atoms with Gasteiger partial charge in [0, 0.05) is 29.9 Å². The molecule has 0 atom stereocenters. The van der Waals surface area contributed by atoms with E-state index >= 15 is 0 Å². The number of benzene rings is 1. The van der Waals surface area contributed by atoms with Crippen LogP contribution >= 0.6 is 11.6 Å². The molecule has 0 spiro atoms. The van der Waals surface area contributed by atoms with Crippen LogP contribution in [-0.2, 0) is 16.1 Å². The molecule has 0 N–H and O–H groups in total.